The maximum atomic E-state index is 12.9. The van der Waals surface area contributed by atoms with Gasteiger partial charge in [-0.05, 0) is 35.6 Å². The highest BCUT2D eigenvalue weighted by Gasteiger charge is 2.38. The third-order valence-corrected chi connectivity index (χ3v) is 5.14. The van der Waals surface area contributed by atoms with Gasteiger partial charge in [-0.3, -0.25) is 4.79 Å². The molecule has 8 heteroatoms. The Kier molecular flexibility index (Phi) is 3.89. The van der Waals surface area contributed by atoms with Crippen molar-refractivity contribution in [3.8, 4) is 11.5 Å². The van der Waals surface area contributed by atoms with Crippen LogP contribution in [0, 0.1) is 0 Å². The molecule has 0 aliphatic carbocycles. The molecule has 128 valence electrons. The van der Waals surface area contributed by atoms with Crippen LogP contribution in [-0.2, 0) is 16.0 Å². The Bertz CT molecular complexity index is 911. The number of amides is 1. The number of furan rings is 1. The number of methoxy groups -OCH3 is 1. The number of hydrogen-bond donors (Lipinski definition) is 0. The van der Waals surface area contributed by atoms with Crippen molar-refractivity contribution in [2.45, 2.75) is 12.5 Å². The number of carbonyl (C=O) groups is 2. The van der Waals surface area contributed by atoms with Crippen LogP contribution in [0.3, 0.4) is 0 Å². The van der Waals surface area contributed by atoms with Gasteiger partial charge < -0.3 is 18.6 Å². The molecule has 0 saturated heterocycles. The van der Waals surface area contributed by atoms with Crippen molar-refractivity contribution < 1.29 is 23.3 Å². The fourth-order valence-electron chi connectivity index (χ4n) is 2.96. The van der Waals surface area contributed by atoms with Gasteiger partial charge in [-0.2, -0.15) is 0 Å². The second kappa shape index (κ2) is 6.21. The van der Waals surface area contributed by atoms with Gasteiger partial charge in [0, 0.05) is 17.5 Å². The third-order valence-electron chi connectivity index (χ3n) is 4.14. The lowest BCUT2D eigenvalue weighted by Gasteiger charge is -2.33. The quantitative estimate of drug-likeness (QED) is 0.669. The summed E-state index contributed by atoms with van der Waals surface area (Å²) in [5.41, 5.74) is 0.935. The lowest BCUT2D eigenvalue weighted by atomic mass is 9.99. The number of fused-ring (bicyclic) bond motifs is 1. The molecule has 0 saturated carbocycles. The van der Waals surface area contributed by atoms with Crippen molar-refractivity contribution in [2.24, 2.45) is 0 Å². The van der Waals surface area contributed by atoms with Crippen molar-refractivity contribution in [2.75, 3.05) is 13.7 Å². The van der Waals surface area contributed by atoms with Crippen LogP contribution in [0.5, 0.6) is 0 Å². The molecule has 1 unspecified atom stereocenters. The van der Waals surface area contributed by atoms with Crippen LogP contribution in [0.2, 0.25) is 0 Å². The molecule has 0 bridgehead atoms. The summed E-state index contributed by atoms with van der Waals surface area (Å²) in [6.45, 7) is 0.412. The van der Waals surface area contributed by atoms with E-state index in [4.69, 9.17) is 13.7 Å². The van der Waals surface area contributed by atoms with Crippen LogP contribution >= 0.6 is 11.3 Å². The minimum atomic E-state index is -0.767. The molecule has 3 aromatic rings. The zero-order chi connectivity index (χ0) is 17.4. The maximum absolute atomic E-state index is 12.9. The monoisotopic (exact) mass is 358 g/mol. The first-order valence-corrected chi connectivity index (χ1v) is 8.52. The number of thiophene rings is 1. The number of aromatic nitrogens is 1. The van der Waals surface area contributed by atoms with E-state index in [1.807, 2.05) is 11.4 Å². The molecule has 1 amide bonds. The summed E-state index contributed by atoms with van der Waals surface area (Å²) in [6, 6.07) is 6.03. The summed E-state index contributed by atoms with van der Waals surface area (Å²) in [7, 11) is 1.32. The van der Waals surface area contributed by atoms with Crippen LogP contribution < -0.4 is 0 Å². The molecular weight excluding hydrogens is 344 g/mol. The summed E-state index contributed by atoms with van der Waals surface area (Å²) >= 11 is 1.58. The van der Waals surface area contributed by atoms with Crippen LogP contribution in [0.15, 0.2) is 44.8 Å². The molecule has 1 aliphatic heterocycles. The molecular formula is C17H14N2O5S. The molecule has 4 heterocycles. The summed E-state index contributed by atoms with van der Waals surface area (Å²) in [4.78, 5) is 27.8. The Labute approximate surface area is 146 Å². The Morgan fingerprint density at radius 2 is 2.24 bits per heavy atom. The maximum Gasteiger partial charge on any atom is 0.333 e. The van der Waals surface area contributed by atoms with E-state index in [1.54, 1.807) is 23.5 Å². The zero-order valence-electron chi connectivity index (χ0n) is 13.3. The summed E-state index contributed by atoms with van der Waals surface area (Å²) in [6.07, 6.45) is 2.20. The predicted molar refractivity (Wildman–Crippen MR) is 88.0 cm³/mol. The van der Waals surface area contributed by atoms with E-state index in [1.165, 1.54) is 24.3 Å². The highest BCUT2D eigenvalue weighted by atomic mass is 32.1. The average molecular weight is 358 g/mol. The largest absolute Gasteiger partial charge is 0.467 e. The van der Waals surface area contributed by atoms with Crippen LogP contribution in [0.4, 0.5) is 0 Å². The van der Waals surface area contributed by atoms with Crippen molar-refractivity contribution in [3.05, 3.63) is 52.0 Å². The molecule has 3 aromatic heterocycles. The van der Waals surface area contributed by atoms with Crippen molar-refractivity contribution in [3.63, 3.8) is 0 Å². The lowest BCUT2D eigenvalue weighted by Crippen LogP contribution is -2.43. The van der Waals surface area contributed by atoms with Crippen LogP contribution in [-0.4, -0.2) is 35.6 Å². The Balaban J connectivity index is 1.66. The molecule has 0 spiro atoms. The number of hydrogen-bond acceptors (Lipinski definition) is 7. The summed E-state index contributed by atoms with van der Waals surface area (Å²) in [5, 5.41) is 5.75. The first-order chi connectivity index (χ1) is 12.2. The standard InChI is InChI=1S/C17H14N2O5S/c1-22-17(21)15-10-5-8-25-14(10)4-6-19(15)16(20)11-9-13(24-18-11)12-3-2-7-23-12/h2-3,5,7-9,15H,4,6H2,1H3. The third kappa shape index (κ3) is 2.64. The molecule has 1 atom stereocenters. The molecule has 0 N–H and O–H groups in total. The minimum Gasteiger partial charge on any atom is -0.467 e. The smallest absolute Gasteiger partial charge is 0.333 e. The van der Waals surface area contributed by atoms with E-state index < -0.39 is 12.0 Å². The van der Waals surface area contributed by atoms with Gasteiger partial charge in [0.05, 0.1) is 13.4 Å². The first kappa shape index (κ1) is 15.6. The summed E-state index contributed by atoms with van der Waals surface area (Å²) < 4.78 is 15.3. The Morgan fingerprint density at radius 1 is 1.36 bits per heavy atom. The van der Waals surface area contributed by atoms with Gasteiger partial charge in [0.2, 0.25) is 5.76 Å². The fourth-order valence-corrected chi connectivity index (χ4v) is 3.86. The highest BCUT2D eigenvalue weighted by molar-refractivity contribution is 7.10. The van der Waals surface area contributed by atoms with E-state index >= 15 is 0 Å². The lowest BCUT2D eigenvalue weighted by molar-refractivity contribution is -0.146. The second-order valence-corrected chi connectivity index (χ2v) is 6.53. The topological polar surface area (TPSA) is 85.8 Å². The van der Waals surface area contributed by atoms with E-state index in [0.717, 1.165) is 10.4 Å². The minimum absolute atomic E-state index is 0.124. The van der Waals surface area contributed by atoms with Gasteiger partial charge in [-0.25, -0.2) is 4.79 Å². The molecule has 0 fully saturated rings. The van der Waals surface area contributed by atoms with Gasteiger partial charge in [-0.15, -0.1) is 11.3 Å². The van der Waals surface area contributed by atoms with Crippen molar-refractivity contribution in [1.82, 2.24) is 10.1 Å². The van der Waals surface area contributed by atoms with Crippen molar-refractivity contribution in [1.29, 1.82) is 0 Å². The summed E-state index contributed by atoms with van der Waals surface area (Å²) in [5.74, 6) is -0.0118. The van der Waals surface area contributed by atoms with Gasteiger partial charge in [0.1, 0.15) is 0 Å². The van der Waals surface area contributed by atoms with E-state index in [-0.39, 0.29) is 11.6 Å². The number of carbonyl (C=O) groups excluding carboxylic acids is 2. The number of nitrogens with zero attached hydrogens (tertiary/aromatic N) is 2. The fraction of sp³-hybridized carbons (Fsp3) is 0.235. The van der Waals surface area contributed by atoms with Gasteiger partial charge in [-0.1, -0.05) is 5.16 Å². The molecule has 7 nitrogen and oxygen atoms in total. The SMILES string of the molecule is COC(=O)C1c2ccsc2CCN1C(=O)c1cc(-c2ccco2)on1. The Morgan fingerprint density at radius 3 is 3.00 bits per heavy atom. The molecule has 1 aliphatic rings. The second-order valence-electron chi connectivity index (χ2n) is 5.53. The molecule has 25 heavy (non-hydrogen) atoms. The van der Waals surface area contributed by atoms with Gasteiger partial charge >= 0.3 is 5.97 Å². The van der Waals surface area contributed by atoms with E-state index in [2.05, 4.69) is 5.16 Å². The Hall–Kier alpha value is -2.87. The zero-order valence-corrected chi connectivity index (χ0v) is 14.1. The van der Waals surface area contributed by atoms with E-state index in [9.17, 15) is 9.59 Å². The van der Waals surface area contributed by atoms with Gasteiger partial charge in [0.25, 0.3) is 5.91 Å². The molecule has 0 radical (unpaired) electrons. The predicted octanol–water partition coefficient (Wildman–Crippen LogP) is 2.91. The van der Waals surface area contributed by atoms with E-state index in [0.29, 0.717) is 24.5 Å². The molecule has 4 rings (SSSR count). The van der Waals surface area contributed by atoms with Crippen molar-refractivity contribution >= 4 is 23.2 Å². The molecule has 0 aromatic carbocycles. The van der Waals surface area contributed by atoms with Crippen LogP contribution in [0.25, 0.3) is 11.5 Å². The highest BCUT2D eigenvalue weighted by Crippen LogP contribution is 2.35. The van der Waals surface area contributed by atoms with Gasteiger partial charge in [0.15, 0.2) is 17.5 Å². The number of rotatable bonds is 3. The normalized spacial score (nSPS) is 16.5. The average Bonchev–Trinajstić information content (AvgIpc) is 3.39. The number of esters is 1. The number of ether oxygens (including phenoxy) is 1. The van der Waals surface area contributed by atoms with Crippen LogP contribution in [0.1, 0.15) is 27.0 Å². The first-order valence-electron chi connectivity index (χ1n) is 7.64.